The van der Waals surface area contributed by atoms with Crippen molar-refractivity contribution < 1.29 is 0 Å². The topological polar surface area (TPSA) is 42.2 Å². The lowest BCUT2D eigenvalue weighted by Crippen LogP contribution is -2.40. The molecule has 1 saturated heterocycles. The normalized spacial score (nSPS) is 22.3. The molecule has 0 radical (unpaired) electrons. The molecule has 1 aromatic rings. The Labute approximate surface area is 117 Å². The molecule has 0 spiro atoms. The third-order valence-corrected chi connectivity index (χ3v) is 4.85. The van der Waals surface area contributed by atoms with Gasteiger partial charge in [0.25, 0.3) is 0 Å². The predicted octanol–water partition coefficient (Wildman–Crippen LogP) is 2.98. The van der Waals surface area contributed by atoms with Crippen molar-refractivity contribution in [3.8, 4) is 0 Å². The minimum Gasteiger partial charge on any atom is -0.326 e. The van der Waals surface area contributed by atoms with Crippen molar-refractivity contribution in [2.75, 3.05) is 13.1 Å². The molecule has 1 fully saturated rings. The van der Waals surface area contributed by atoms with E-state index in [9.17, 15) is 0 Å². The van der Waals surface area contributed by atoms with Crippen molar-refractivity contribution in [2.45, 2.75) is 52.1 Å². The van der Waals surface area contributed by atoms with Gasteiger partial charge in [-0.3, -0.25) is 9.88 Å². The Morgan fingerprint density at radius 3 is 2.58 bits per heavy atom. The van der Waals surface area contributed by atoms with Crippen LogP contribution in [0, 0.1) is 5.41 Å². The van der Waals surface area contributed by atoms with Gasteiger partial charge in [0, 0.05) is 18.8 Å². The molecule has 2 atom stereocenters. The molecular formula is C16H27N3. The molecule has 2 rings (SSSR count). The van der Waals surface area contributed by atoms with Crippen molar-refractivity contribution in [1.82, 2.24) is 9.88 Å². The Bertz CT molecular complexity index is 384. The predicted molar refractivity (Wildman–Crippen MR) is 79.8 cm³/mol. The van der Waals surface area contributed by atoms with Gasteiger partial charge >= 0.3 is 0 Å². The Morgan fingerprint density at radius 2 is 2.11 bits per heavy atom. The molecule has 1 aromatic heterocycles. The fraction of sp³-hybridized carbons (Fsp3) is 0.688. The standard InChI is InChI=1S/C16H27N3/c1-4-16(5-2)9-11-19(12-16)15(13(3)17)14-8-6-7-10-18-14/h6-8,10,13,15H,4-5,9,11-12,17H2,1-3H3. The molecule has 2 heterocycles. The highest BCUT2D eigenvalue weighted by Crippen LogP contribution is 2.40. The molecule has 106 valence electrons. The average Bonchev–Trinajstić information content (AvgIpc) is 2.85. The van der Waals surface area contributed by atoms with E-state index in [4.69, 9.17) is 5.73 Å². The fourth-order valence-corrected chi connectivity index (χ4v) is 3.37. The molecule has 0 aromatic carbocycles. The van der Waals surface area contributed by atoms with E-state index in [1.54, 1.807) is 0 Å². The summed E-state index contributed by atoms with van der Waals surface area (Å²) < 4.78 is 0. The highest BCUT2D eigenvalue weighted by molar-refractivity contribution is 5.12. The maximum Gasteiger partial charge on any atom is 0.0671 e. The highest BCUT2D eigenvalue weighted by Gasteiger charge is 2.39. The Kier molecular flexibility index (Phi) is 4.58. The molecule has 0 aliphatic carbocycles. The molecule has 1 aliphatic heterocycles. The van der Waals surface area contributed by atoms with Gasteiger partial charge in [0.1, 0.15) is 0 Å². The van der Waals surface area contributed by atoms with Gasteiger partial charge in [-0.2, -0.15) is 0 Å². The lowest BCUT2D eigenvalue weighted by Gasteiger charge is -2.33. The first kappa shape index (κ1) is 14.5. The molecule has 2 unspecified atom stereocenters. The summed E-state index contributed by atoms with van der Waals surface area (Å²) in [5.74, 6) is 0. The largest absolute Gasteiger partial charge is 0.326 e. The first-order chi connectivity index (χ1) is 9.12. The maximum atomic E-state index is 6.24. The summed E-state index contributed by atoms with van der Waals surface area (Å²) in [6, 6.07) is 6.49. The van der Waals surface area contributed by atoms with Gasteiger partial charge in [0.05, 0.1) is 11.7 Å². The molecule has 1 aliphatic rings. The molecule has 0 saturated carbocycles. The molecular weight excluding hydrogens is 234 g/mol. The van der Waals surface area contributed by atoms with Crippen LogP contribution in [0.4, 0.5) is 0 Å². The number of aromatic nitrogens is 1. The maximum absolute atomic E-state index is 6.24. The van der Waals surface area contributed by atoms with Crippen molar-refractivity contribution in [2.24, 2.45) is 11.1 Å². The third kappa shape index (κ3) is 2.98. The van der Waals surface area contributed by atoms with E-state index < -0.39 is 0 Å². The molecule has 2 N–H and O–H groups in total. The van der Waals surface area contributed by atoms with Gasteiger partial charge in [-0.25, -0.2) is 0 Å². The number of likely N-dealkylation sites (tertiary alicyclic amines) is 1. The Hall–Kier alpha value is -0.930. The van der Waals surface area contributed by atoms with Crippen LogP contribution in [0.2, 0.25) is 0 Å². The lowest BCUT2D eigenvalue weighted by atomic mass is 9.82. The molecule has 0 bridgehead atoms. The first-order valence-corrected chi connectivity index (χ1v) is 7.52. The summed E-state index contributed by atoms with van der Waals surface area (Å²) in [6.45, 7) is 9.02. The summed E-state index contributed by atoms with van der Waals surface area (Å²) >= 11 is 0. The number of rotatable bonds is 5. The first-order valence-electron chi connectivity index (χ1n) is 7.52. The van der Waals surface area contributed by atoms with E-state index in [-0.39, 0.29) is 12.1 Å². The Morgan fingerprint density at radius 1 is 1.37 bits per heavy atom. The van der Waals surface area contributed by atoms with Crippen LogP contribution in [-0.2, 0) is 0 Å². The average molecular weight is 261 g/mol. The third-order valence-electron chi connectivity index (χ3n) is 4.85. The van der Waals surface area contributed by atoms with Crippen LogP contribution in [0.1, 0.15) is 51.8 Å². The lowest BCUT2D eigenvalue weighted by molar-refractivity contribution is 0.175. The zero-order valence-electron chi connectivity index (χ0n) is 12.5. The van der Waals surface area contributed by atoms with Crippen molar-refractivity contribution in [3.05, 3.63) is 30.1 Å². The summed E-state index contributed by atoms with van der Waals surface area (Å²) in [6.07, 6.45) is 5.67. The van der Waals surface area contributed by atoms with Crippen LogP contribution in [0.3, 0.4) is 0 Å². The van der Waals surface area contributed by atoms with Gasteiger partial charge < -0.3 is 5.73 Å². The number of hydrogen-bond donors (Lipinski definition) is 1. The van der Waals surface area contributed by atoms with Crippen LogP contribution in [0.15, 0.2) is 24.4 Å². The number of nitrogens with zero attached hydrogens (tertiary/aromatic N) is 2. The van der Waals surface area contributed by atoms with Crippen LogP contribution in [0.25, 0.3) is 0 Å². The van der Waals surface area contributed by atoms with E-state index in [0.717, 1.165) is 18.8 Å². The summed E-state index contributed by atoms with van der Waals surface area (Å²) in [7, 11) is 0. The van der Waals surface area contributed by atoms with Gasteiger partial charge in [-0.15, -0.1) is 0 Å². The van der Waals surface area contributed by atoms with Gasteiger partial charge in [-0.1, -0.05) is 19.9 Å². The van der Waals surface area contributed by atoms with E-state index >= 15 is 0 Å². The zero-order valence-corrected chi connectivity index (χ0v) is 12.5. The quantitative estimate of drug-likeness (QED) is 0.886. The zero-order chi connectivity index (χ0) is 13.9. The SMILES string of the molecule is CCC1(CC)CCN(C(c2ccccn2)C(C)N)C1. The van der Waals surface area contributed by atoms with Crippen LogP contribution >= 0.6 is 0 Å². The second-order valence-corrected chi connectivity index (χ2v) is 5.99. The second-order valence-electron chi connectivity index (χ2n) is 5.99. The molecule has 3 nitrogen and oxygen atoms in total. The molecule has 0 amide bonds. The van der Waals surface area contributed by atoms with Crippen LogP contribution in [-0.4, -0.2) is 29.0 Å². The van der Waals surface area contributed by atoms with E-state index in [1.165, 1.54) is 19.3 Å². The summed E-state index contributed by atoms with van der Waals surface area (Å²) in [4.78, 5) is 7.06. The van der Waals surface area contributed by atoms with Crippen molar-refractivity contribution >= 4 is 0 Å². The minimum absolute atomic E-state index is 0.111. The monoisotopic (exact) mass is 261 g/mol. The fourth-order valence-electron chi connectivity index (χ4n) is 3.37. The molecule has 3 heteroatoms. The summed E-state index contributed by atoms with van der Waals surface area (Å²) in [5, 5.41) is 0. The highest BCUT2D eigenvalue weighted by atomic mass is 15.2. The number of hydrogen-bond acceptors (Lipinski definition) is 3. The number of pyridine rings is 1. The smallest absolute Gasteiger partial charge is 0.0671 e. The molecule has 19 heavy (non-hydrogen) atoms. The second kappa shape index (κ2) is 6.02. The van der Waals surface area contributed by atoms with Gasteiger partial charge in [0.2, 0.25) is 0 Å². The van der Waals surface area contributed by atoms with E-state index in [1.807, 2.05) is 12.3 Å². The van der Waals surface area contributed by atoms with Crippen LogP contribution < -0.4 is 5.73 Å². The van der Waals surface area contributed by atoms with E-state index in [0.29, 0.717) is 5.41 Å². The minimum atomic E-state index is 0.111. The van der Waals surface area contributed by atoms with Crippen LogP contribution in [0.5, 0.6) is 0 Å². The van der Waals surface area contributed by atoms with Crippen molar-refractivity contribution in [1.29, 1.82) is 0 Å². The van der Waals surface area contributed by atoms with E-state index in [2.05, 4.69) is 42.8 Å². The summed E-state index contributed by atoms with van der Waals surface area (Å²) in [5.41, 5.74) is 7.84. The van der Waals surface area contributed by atoms with Gasteiger partial charge in [0.15, 0.2) is 0 Å². The Balaban J connectivity index is 2.19. The van der Waals surface area contributed by atoms with Gasteiger partial charge in [-0.05, 0) is 50.3 Å². The van der Waals surface area contributed by atoms with Crippen molar-refractivity contribution in [3.63, 3.8) is 0 Å². The number of nitrogens with two attached hydrogens (primary N) is 1.